The standard InChI is InChI=1S/C18H19F3N4O3/c1-24-14(23-13-5-3-2-4-12(13)16(24)27)10-22-15(26)11-6-8-25(9-7-11)17(28)18(19,20)21/h2-5,11H,6-10H2,1H3,(H,22,26). The SMILES string of the molecule is Cn1c(CNC(=O)C2CCN(C(=O)C(F)(F)F)CC2)nc2ccccc2c1=O. The van der Waals surface area contributed by atoms with E-state index in [4.69, 9.17) is 0 Å². The minimum absolute atomic E-state index is 0.0249. The number of benzene rings is 1. The fraction of sp³-hybridized carbons (Fsp3) is 0.444. The van der Waals surface area contributed by atoms with Crippen LogP contribution in [-0.4, -0.2) is 45.5 Å². The third kappa shape index (κ3) is 4.00. The highest BCUT2D eigenvalue weighted by Gasteiger charge is 2.43. The fourth-order valence-corrected chi connectivity index (χ4v) is 3.26. The summed E-state index contributed by atoms with van der Waals surface area (Å²) in [6, 6.07) is 6.87. The summed E-state index contributed by atoms with van der Waals surface area (Å²) in [5, 5.41) is 3.16. The van der Waals surface area contributed by atoms with E-state index in [-0.39, 0.29) is 43.9 Å². The van der Waals surface area contributed by atoms with Crippen molar-refractivity contribution in [1.82, 2.24) is 19.8 Å². The van der Waals surface area contributed by atoms with Gasteiger partial charge in [-0.25, -0.2) is 4.98 Å². The third-order valence-corrected chi connectivity index (χ3v) is 4.89. The molecule has 1 aromatic heterocycles. The van der Waals surface area contributed by atoms with Crippen LogP contribution in [0.15, 0.2) is 29.1 Å². The molecule has 0 radical (unpaired) electrons. The van der Waals surface area contributed by atoms with Gasteiger partial charge in [-0.15, -0.1) is 0 Å². The number of hydrogen-bond acceptors (Lipinski definition) is 4. The van der Waals surface area contributed by atoms with E-state index in [0.717, 1.165) is 4.90 Å². The van der Waals surface area contributed by atoms with Crippen molar-refractivity contribution < 1.29 is 22.8 Å². The molecule has 0 atom stereocenters. The lowest BCUT2D eigenvalue weighted by Gasteiger charge is -2.31. The van der Waals surface area contributed by atoms with Crippen molar-refractivity contribution in [2.45, 2.75) is 25.6 Å². The lowest BCUT2D eigenvalue weighted by atomic mass is 9.96. The number of carbonyl (C=O) groups is 2. The van der Waals surface area contributed by atoms with Crippen LogP contribution in [0.2, 0.25) is 0 Å². The maximum atomic E-state index is 12.5. The van der Waals surface area contributed by atoms with Gasteiger partial charge < -0.3 is 10.2 Å². The van der Waals surface area contributed by atoms with E-state index < -0.39 is 18.0 Å². The van der Waals surface area contributed by atoms with Crippen molar-refractivity contribution in [3.05, 3.63) is 40.4 Å². The summed E-state index contributed by atoms with van der Waals surface area (Å²) < 4.78 is 38.8. The molecule has 0 unspecified atom stereocenters. The molecule has 0 aliphatic carbocycles. The zero-order valence-corrected chi connectivity index (χ0v) is 15.1. The van der Waals surface area contributed by atoms with Gasteiger partial charge in [0, 0.05) is 26.1 Å². The number of hydrogen-bond donors (Lipinski definition) is 1. The number of rotatable bonds is 3. The van der Waals surface area contributed by atoms with Crippen LogP contribution >= 0.6 is 0 Å². The Morgan fingerprint density at radius 3 is 2.50 bits per heavy atom. The summed E-state index contributed by atoms with van der Waals surface area (Å²) >= 11 is 0. The van der Waals surface area contributed by atoms with Crippen LogP contribution in [0.4, 0.5) is 13.2 Å². The first-order chi connectivity index (χ1) is 13.2. The molecule has 7 nitrogen and oxygen atoms in total. The molecule has 28 heavy (non-hydrogen) atoms. The van der Waals surface area contributed by atoms with Crippen LogP contribution in [0.5, 0.6) is 0 Å². The summed E-state index contributed by atoms with van der Waals surface area (Å²) in [5.74, 6) is -2.32. The van der Waals surface area contributed by atoms with E-state index >= 15 is 0 Å². The summed E-state index contributed by atoms with van der Waals surface area (Å²) in [6.45, 7) is -0.219. The van der Waals surface area contributed by atoms with E-state index in [9.17, 15) is 27.6 Å². The topological polar surface area (TPSA) is 84.3 Å². The van der Waals surface area contributed by atoms with Crippen LogP contribution in [-0.2, 0) is 23.2 Å². The number of piperidine rings is 1. The Hall–Kier alpha value is -2.91. The summed E-state index contributed by atoms with van der Waals surface area (Å²) in [5.41, 5.74) is 0.294. The predicted molar refractivity (Wildman–Crippen MR) is 94.2 cm³/mol. The highest BCUT2D eigenvalue weighted by molar-refractivity contribution is 5.83. The summed E-state index contributed by atoms with van der Waals surface area (Å²) in [4.78, 5) is 41.1. The Bertz CT molecular complexity index is 963. The number of aromatic nitrogens is 2. The van der Waals surface area contributed by atoms with E-state index in [2.05, 4.69) is 10.3 Å². The van der Waals surface area contributed by atoms with Gasteiger partial charge in [0.25, 0.3) is 5.56 Å². The molecule has 2 aromatic rings. The number of amides is 2. The van der Waals surface area contributed by atoms with Crippen LogP contribution in [0.1, 0.15) is 18.7 Å². The third-order valence-electron chi connectivity index (χ3n) is 4.89. The van der Waals surface area contributed by atoms with Crippen LogP contribution in [0, 0.1) is 5.92 Å². The first-order valence-corrected chi connectivity index (χ1v) is 8.77. The second-order valence-corrected chi connectivity index (χ2v) is 6.69. The van der Waals surface area contributed by atoms with Gasteiger partial charge in [0.1, 0.15) is 5.82 Å². The molecule has 10 heteroatoms. The van der Waals surface area contributed by atoms with Gasteiger partial charge in [0.05, 0.1) is 17.4 Å². The normalized spacial score (nSPS) is 15.6. The molecule has 0 spiro atoms. The van der Waals surface area contributed by atoms with Crippen LogP contribution < -0.4 is 10.9 Å². The van der Waals surface area contributed by atoms with Crippen molar-refractivity contribution in [2.75, 3.05) is 13.1 Å². The van der Waals surface area contributed by atoms with E-state index in [0.29, 0.717) is 16.7 Å². The molecule has 150 valence electrons. The monoisotopic (exact) mass is 396 g/mol. The Kier molecular flexibility index (Phi) is 5.39. The van der Waals surface area contributed by atoms with Crippen molar-refractivity contribution in [2.24, 2.45) is 13.0 Å². The maximum Gasteiger partial charge on any atom is 0.471 e. The van der Waals surface area contributed by atoms with Gasteiger partial charge in [-0.2, -0.15) is 13.2 Å². The molecule has 0 saturated carbocycles. The van der Waals surface area contributed by atoms with Gasteiger partial charge in [0.15, 0.2) is 0 Å². The van der Waals surface area contributed by atoms with Gasteiger partial charge in [-0.3, -0.25) is 19.0 Å². The lowest BCUT2D eigenvalue weighted by molar-refractivity contribution is -0.186. The van der Waals surface area contributed by atoms with Crippen molar-refractivity contribution >= 4 is 22.7 Å². The van der Waals surface area contributed by atoms with Gasteiger partial charge in [-0.05, 0) is 25.0 Å². The quantitative estimate of drug-likeness (QED) is 0.849. The average molecular weight is 396 g/mol. The minimum atomic E-state index is -4.90. The summed E-state index contributed by atoms with van der Waals surface area (Å²) in [7, 11) is 1.56. The zero-order chi connectivity index (χ0) is 20.5. The number of fused-ring (bicyclic) bond motifs is 1. The van der Waals surface area contributed by atoms with Gasteiger partial charge >= 0.3 is 12.1 Å². The smallest absolute Gasteiger partial charge is 0.349 e. The number of likely N-dealkylation sites (tertiary alicyclic amines) is 1. The zero-order valence-electron chi connectivity index (χ0n) is 15.1. The molecule has 1 fully saturated rings. The number of nitrogens with one attached hydrogen (secondary N) is 1. The molecule has 1 saturated heterocycles. The van der Waals surface area contributed by atoms with Crippen molar-refractivity contribution in [3.63, 3.8) is 0 Å². The van der Waals surface area contributed by atoms with Crippen LogP contribution in [0.3, 0.4) is 0 Å². The van der Waals surface area contributed by atoms with Crippen molar-refractivity contribution in [1.29, 1.82) is 0 Å². The highest BCUT2D eigenvalue weighted by Crippen LogP contribution is 2.24. The van der Waals surface area contributed by atoms with Crippen molar-refractivity contribution in [3.8, 4) is 0 Å². The van der Waals surface area contributed by atoms with Gasteiger partial charge in [-0.1, -0.05) is 12.1 Å². The average Bonchev–Trinajstić information content (AvgIpc) is 2.68. The maximum absolute atomic E-state index is 12.5. The minimum Gasteiger partial charge on any atom is -0.349 e. The second-order valence-electron chi connectivity index (χ2n) is 6.69. The second kappa shape index (κ2) is 7.61. The molecular weight excluding hydrogens is 377 g/mol. The van der Waals surface area contributed by atoms with E-state index in [1.54, 1.807) is 31.3 Å². The van der Waals surface area contributed by atoms with E-state index in [1.807, 2.05) is 0 Å². The largest absolute Gasteiger partial charge is 0.471 e. The molecule has 0 bridgehead atoms. The molecule has 1 aromatic carbocycles. The number of para-hydroxylation sites is 1. The molecule has 1 aliphatic heterocycles. The molecule has 2 heterocycles. The number of carbonyl (C=O) groups excluding carboxylic acids is 2. The van der Waals surface area contributed by atoms with E-state index in [1.165, 1.54) is 4.57 Å². The predicted octanol–water partition coefficient (Wildman–Crippen LogP) is 1.35. The fourth-order valence-electron chi connectivity index (χ4n) is 3.26. The Balaban J connectivity index is 1.61. The Morgan fingerprint density at radius 1 is 1.21 bits per heavy atom. The number of nitrogens with zero attached hydrogens (tertiary/aromatic N) is 3. The Morgan fingerprint density at radius 2 is 1.86 bits per heavy atom. The molecule has 1 aliphatic rings. The summed E-state index contributed by atoms with van der Waals surface area (Å²) in [6.07, 6.45) is -4.60. The number of halogens is 3. The first-order valence-electron chi connectivity index (χ1n) is 8.77. The molecular formula is C18H19F3N4O3. The van der Waals surface area contributed by atoms with Gasteiger partial charge in [0.2, 0.25) is 5.91 Å². The molecule has 3 rings (SSSR count). The lowest BCUT2D eigenvalue weighted by Crippen LogP contribution is -2.47. The first kappa shape index (κ1) is 19.8. The molecule has 2 amide bonds. The number of alkyl halides is 3. The van der Waals surface area contributed by atoms with Crippen LogP contribution in [0.25, 0.3) is 10.9 Å². The molecule has 1 N–H and O–H groups in total. The highest BCUT2D eigenvalue weighted by atomic mass is 19.4. The Labute approximate surface area is 158 Å².